The van der Waals surface area contributed by atoms with Gasteiger partial charge < -0.3 is 9.84 Å². The number of piperazine rings is 1. The number of ether oxygens (including phenoxy) is 1. The summed E-state index contributed by atoms with van der Waals surface area (Å²) in [5.74, 6) is -1.52. The van der Waals surface area contributed by atoms with Gasteiger partial charge in [-0.05, 0) is 24.3 Å². The van der Waals surface area contributed by atoms with Crippen molar-refractivity contribution >= 4 is 29.3 Å². The molecule has 0 spiro atoms. The number of aliphatic hydroxyl groups is 1. The number of carbonyl (C=O) groups is 4. The van der Waals surface area contributed by atoms with Gasteiger partial charge in [0.25, 0.3) is 5.91 Å². The molecular formula is C25H27N3O6. The number of anilines is 1. The average molecular weight is 466 g/mol. The quantitative estimate of drug-likeness (QED) is 0.349. The van der Waals surface area contributed by atoms with Crippen molar-refractivity contribution in [2.24, 2.45) is 0 Å². The summed E-state index contributed by atoms with van der Waals surface area (Å²) in [6, 6.07) is 14.1. The summed E-state index contributed by atoms with van der Waals surface area (Å²) in [5, 5.41) is 9.08. The number of ketones is 1. The Balaban J connectivity index is 1.35. The smallest absolute Gasteiger partial charge is 0.338 e. The van der Waals surface area contributed by atoms with Gasteiger partial charge in [-0.1, -0.05) is 30.3 Å². The second kappa shape index (κ2) is 10.7. The lowest BCUT2D eigenvalue weighted by Gasteiger charge is -2.36. The number of imide groups is 1. The summed E-state index contributed by atoms with van der Waals surface area (Å²) in [5.41, 5.74) is 1.08. The van der Waals surface area contributed by atoms with Crippen LogP contribution in [0.4, 0.5) is 5.69 Å². The molecule has 0 bridgehead atoms. The number of nitrogens with zero attached hydrogens (tertiary/aromatic N) is 3. The lowest BCUT2D eigenvalue weighted by molar-refractivity contribution is -0.123. The average Bonchev–Trinajstić information content (AvgIpc) is 3.17. The maximum atomic E-state index is 13.0. The molecule has 0 radical (unpaired) electrons. The zero-order valence-corrected chi connectivity index (χ0v) is 18.8. The van der Waals surface area contributed by atoms with E-state index in [0.717, 1.165) is 13.1 Å². The molecule has 1 unspecified atom stereocenters. The van der Waals surface area contributed by atoms with E-state index in [1.807, 2.05) is 4.90 Å². The first-order chi connectivity index (χ1) is 16.5. The van der Waals surface area contributed by atoms with Gasteiger partial charge in [0, 0.05) is 38.3 Å². The first-order valence-corrected chi connectivity index (χ1v) is 11.3. The van der Waals surface area contributed by atoms with Gasteiger partial charge >= 0.3 is 5.97 Å². The minimum atomic E-state index is -0.659. The molecule has 2 aliphatic heterocycles. The Morgan fingerprint density at radius 3 is 2.24 bits per heavy atom. The van der Waals surface area contributed by atoms with Crippen molar-refractivity contribution in [3.8, 4) is 0 Å². The third-order valence-corrected chi connectivity index (χ3v) is 6.18. The second-order valence-electron chi connectivity index (χ2n) is 8.30. The summed E-state index contributed by atoms with van der Waals surface area (Å²) in [6.45, 7) is 3.12. The number of esters is 1. The van der Waals surface area contributed by atoms with Gasteiger partial charge in [0.15, 0.2) is 12.4 Å². The van der Waals surface area contributed by atoms with E-state index in [2.05, 4.69) is 4.90 Å². The number of aliphatic hydroxyl groups excluding tert-OH is 1. The molecule has 9 nitrogen and oxygen atoms in total. The standard InChI is InChI=1S/C25H27N3O6/c29-15-14-26-10-12-27(13-11-26)21-16-23(31)28(24(21)32)20-8-6-19(7-9-20)25(33)34-17-22(30)18-4-2-1-3-5-18/h1-9,21,29H,10-17H2. The number of Topliss-reactive ketones (excluding diaryl/α,β-unsaturated/α-hetero) is 1. The molecule has 2 amide bonds. The van der Waals surface area contributed by atoms with Crippen LogP contribution in [0.3, 0.4) is 0 Å². The number of hydrogen-bond donors (Lipinski definition) is 1. The van der Waals surface area contributed by atoms with Crippen molar-refractivity contribution in [3.05, 3.63) is 65.7 Å². The molecule has 9 heteroatoms. The minimum absolute atomic E-state index is 0.0987. The Kier molecular flexibility index (Phi) is 7.46. The molecule has 178 valence electrons. The summed E-state index contributed by atoms with van der Waals surface area (Å²) in [4.78, 5) is 55.4. The van der Waals surface area contributed by atoms with Crippen molar-refractivity contribution < 1.29 is 29.0 Å². The largest absolute Gasteiger partial charge is 0.454 e. The molecular weight excluding hydrogens is 438 g/mol. The van der Waals surface area contributed by atoms with Crippen LogP contribution in [-0.2, 0) is 14.3 Å². The van der Waals surface area contributed by atoms with E-state index in [9.17, 15) is 19.2 Å². The lowest BCUT2D eigenvalue weighted by atomic mass is 10.1. The Labute approximate surface area is 197 Å². The van der Waals surface area contributed by atoms with E-state index < -0.39 is 12.0 Å². The van der Waals surface area contributed by atoms with Crippen LogP contribution in [0.25, 0.3) is 0 Å². The molecule has 0 aromatic heterocycles. The molecule has 2 aliphatic rings. The van der Waals surface area contributed by atoms with Crippen molar-refractivity contribution in [2.75, 3.05) is 50.8 Å². The van der Waals surface area contributed by atoms with Crippen LogP contribution in [0, 0.1) is 0 Å². The summed E-state index contributed by atoms with van der Waals surface area (Å²) >= 11 is 0. The van der Waals surface area contributed by atoms with Gasteiger partial charge in [0.2, 0.25) is 5.91 Å². The maximum absolute atomic E-state index is 13.0. The molecule has 4 rings (SSSR count). The minimum Gasteiger partial charge on any atom is -0.454 e. The first-order valence-electron chi connectivity index (χ1n) is 11.3. The van der Waals surface area contributed by atoms with E-state index in [0.29, 0.717) is 30.9 Å². The molecule has 2 aromatic rings. The molecule has 34 heavy (non-hydrogen) atoms. The highest BCUT2D eigenvalue weighted by atomic mass is 16.5. The van der Waals surface area contributed by atoms with E-state index >= 15 is 0 Å². The van der Waals surface area contributed by atoms with Gasteiger partial charge in [-0.2, -0.15) is 0 Å². The predicted octanol–water partition coefficient (Wildman–Crippen LogP) is 0.968. The van der Waals surface area contributed by atoms with Crippen LogP contribution < -0.4 is 4.90 Å². The van der Waals surface area contributed by atoms with Crippen LogP contribution >= 0.6 is 0 Å². The summed E-state index contributed by atoms with van der Waals surface area (Å²) in [7, 11) is 0. The fourth-order valence-electron chi connectivity index (χ4n) is 4.28. The van der Waals surface area contributed by atoms with Gasteiger partial charge in [-0.3, -0.25) is 24.2 Å². The summed E-state index contributed by atoms with van der Waals surface area (Å²) < 4.78 is 5.11. The van der Waals surface area contributed by atoms with E-state index in [1.54, 1.807) is 30.3 Å². The number of hydrogen-bond acceptors (Lipinski definition) is 8. The third kappa shape index (κ3) is 5.22. The Bertz CT molecular complexity index is 1050. The fourth-order valence-corrected chi connectivity index (χ4v) is 4.28. The molecule has 2 heterocycles. The topological polar surface area (TPSA) is 107 Å². The Hall–Kier alpha value is -3.40. The Morgan fingerprint density at radius 2 is 1.59 bits per heavy atom. The van der Waals surface area contributed by atoms with Gasteiger partial charge in [-0.25, -0.2) is 9.69 Å². The van der Waals surface area contributed by atoms with Crippen molar-refractivity contribution in [2.45, 2.75) is 12.5 Å². The highest BCUT2D eigenvalue weighted by Gasteiger charge is 2.43. The van der Waals surface area contributed by atoms with Crippen LogP contribution in [-0.4, -0.2) is 90.5 Å². The highest BCUT2D eigenvalue weighted by molar-refractivity contribution is 6.22. The SMILES string of the molecule is O=C(COC(=O)c1ccc(N2C(=O)CC(N3CCN(CCO)CC3)C2=O)cc1)c1ccccc1. The molecule has 2 aromatic carbocycles. The first kappa shape index (κ1) is 23.7. The van der Waals surface area contributed by atoms with Crippen molar-refractivity contribution in [3.63, 3.8) is 0 Å². The fraction of sp³-hybridized carbons (Fsp3) is 0.360. The number of rotatable bonds is 8. The van der Waals surface area contributed by atoms with Gasteiger partial charge in [0.05, 0.1) is 30.3 Å². The van der Waals surface area contributed by atoms with Crippen molar-refractivity contribution in [1.29, 1.82) is 0 Å². The predicted molar refractivity (Wildman–Crippen MR) is 123 cm³/mol. The van der Waals surface area contributed by atoms with E-state index in [-0.39, 0.29) is 42.8 Å². The van der Waals surface area contributed by atoms with Crippen LogP contribution in [0.2, 0.25) is 0 Å². The Morgan fingerprint density at radius 1 is 0.912 bits per heavy atom. The van der Waals surface area contributed by atoms with Gasteiger partial charge in [0.1, 0.15) is 0 Å². The maximum Gasteiger partial charge on any atom is 0.338 e. The van der Waals surface area contributed by atoms with Crippen LogP contribution in [0.1, 0.15) is 27.1 Å². The normalized spacial score (nSPS) is 19.4. The summed E-state index contributed by atoms with van der Waals surface area (Å²) in [6.07, 6.45) is 0.115. The monoisotopic (exact) mass is 465 g/mol. The molecule has 1 N–H and O–H groups in total. The second-order valence-corrected chi connectivity index (χ2v) is 8.30. The zero-order chi connectivity index (χ0) is 24.1. The van der Waals surface area contributed by atoms with Gasteiger partial charge in [-0.15, -0.1) is 0 Å². The molecule has 1 atom stereocenters. The zero-order valence-electron chi connectivity index (χ0n) is 18.8. The molecule has 2 fully saturated rings. The van der Waals surface area contributed by atoms with E-state index in [4.69, 9.17) is 9.84 Å². The highest BCUT2D eigenvalue weighted by Crippen LogP contribution is 2.27. The number of β-amino-alcohol motifs (C(OH)–C–C–N with tert-alkyl or cyclic N) is 1. The molecule has 0 aliphatic carbocycles. The van der Waals surface area contributed by atoms with E-state index in [1.165, 1.54) is 29.2 Å². The van der Waals surface area contributed by atoms with Crippen LogP contribution in [0.15, 0.2) is 54.6 Å². The molecule has 0 saturated carbocycles. The number of carbonyl (C=O) groups excluding carboxylic acids is 4. The number of amides is 2. The third-order valence-electron chi connectivity index (χ3n) is 6.18. The van der Waals surface area contributed by atoms with Crippen molar-refractivity contribution in [1.82, 2.24) is 9.80 Å². The number of benzene rings is 2. The molecule has 2 saturated heterocycles. The lowest BCUT2D eigenvalue weighted by Crippen LogP contribution is -2.52. The van der Waals surface area contributed by atoms with Crippen LogP contribution in [0.5, 0.6) is 0 Å².